The summed E-state index contributed by atoms with van der Waals surface area (Å²) < 4.78 is 31.8. The molecule has 0 bridgehead atoms. The van der Waals surface area contributed by atoms with Gasteiger partial charge in [0.25, 0.3) is 10.1 Å². The summed E-state index contributed by atoms with van der Waals surface area (Å²) >= 11 is 0. The Bertz CT molecular complexity index is 1270. The monoisotopic (exact) mass is 440 g/mol. The topological polar surface area (TPSA) is 161 Å². The number of hydrazone groups is 1. The number of carboxylic acids is 1. The zero-order chi connectivity index (χ0) is 22.4. The highest BCUT2D eigenvalue weighted by atomic mass is 32.2. The minimum absolute atomic E-state index is 0.0254. The van der Waals surface area contributed by atoms with Gasteiger partial charge in [0.2, 0.25) is 5.84 Å². The number of anilines is 1. The Hall–Kier alpha value is -4.09. The van der Waals surface area contributed by atoms with Crippen molar-refractivity contribution in [2.24, 2.45) is 15.3 Å². The van der Waals surface area contributed by atoms with Gasteiger partial charge in [-0.3, -0.25) is 9.98 Å². The average Bonchev–Trinajstić information content (AvgIpc) is 2.75. The van der Waals surface area contributed by atoms with Gasteiger partial charge < -0.3 is 10.2 Å². The van der Waals surface area contributed by atoms with Crippen LogP contribution < -0.4 is 5.43 Å². The molecule has 0 radical (unpaired) electrons. The number of hydrogen-bond donors (Lipinski definition) is 4. The lowest BCUT2D eigenvalue weighted by Gasteiger charge is -2.07. The Balaban J connectivity index is 2.00. The van der Waals surface area contributed by atoms with Crippen molar-refractivity contribution in [3.05, 3.63) is 83.9 Å². The summed E-state index contributed by atoms with van der Waals surface area (Å²) in [6, 6.07) is 17.7. The Morgan fingerprint density at radius 3 is 2.29 bits per heavy atom. The van der Waals surface area contributed by atoms with E-state index in [-0.39, 0.29) is 28.5 Å². The third kappa shape index (κ3) is 5.50. The fourth-order valence-electron chi connectivity index (χ4n) is 2.45. The van der Waals surface area contributed by atoms with Crippen molar-refractivity contribution in [2.45, 2.75) is 4.90 Å². The van der Waals surface area contributed by atoms with Gasteiger partial charge in [0.1, 0.15) is 11.4 Å². The highest BCUT2D eigenvalue weighted by Gasteiger charge is 2.13. The Kier molecular flexibility index (Phi) is 6.38. The van der Waals surface area contributed by atoms with E-state index < -0.39 is 21.0 Å². The zero-order valence-electron chi connectivity index (χ0n) is 15.7. The minimum atomic E-state index is -4.49. The molecule has 0 aliphatic carbocycles. The quantitative estimate of drug-likeness (QED) is 0.113. The van der Waals surface area contributed by atoms with Gasteiger partial charge in [-0.2, -0.15) is 13.5 Å². The van der Waals surface area contributed by atoms with Gasteiger partial charge in [-0.1, -0.05) is 42.5 Å². The average molecular weight is 440 g/mol. The highest BCUT2D eigenvalue weighted by molar-refractivity contribution is 7.85. The van der Waals surface area contributed by atoms with E-state index in [1.165, 1.54) is 12.1 Å². The molecular weight excluding hydrogens is 424 g/mol. The van der Waals surface area contributed by atoms with Crippen molar-refractivity contribution < 1.29 is 28.0 Å². The molecule has 0 fully saturated rings. The van der Waals surface area contributed by atoms with Crippen LogP contribution in [0.3, 0.4) is 0 Å². The van der Waals surface area contributed by atoms with E-state index in [1.54, 1.807) is 42.5 Å². The second kappa shape index (κ2) is 9.15. The second-order valence-corrected chi connectivity index (χ2v) is 7.51. The number of carboxylic acid groups (broad SMARTS) is 1. The first-order chi connectivity index (χ1) is 14.8. The zero-order valence-corrected chi connectivity index (χ0v) is 16.6. The van der Waals surface area contributed by atoms with Gasteiger partial charge in [-0.25, -0.2) is 4.79 Å². The third-order valence-electron chi connectivity index (χ3n) is 3.97. The smallest absolute Gasteiger partial charge is 0.337 e. The molecule has 0 atom stereocenters. The molecule has 0 heterocycles. The predicted molar refractivity (Wildman–Crippen MR) is 112 cm³/mol. The second-order valence-electron chi connectivity index (χ2n) is 6.09. The number of carbonyl (C=O) groups is 1. The van der Waals surface area contributed by atoms with Gasteiger partial charge in [-0.05, 0) is 30.3 Å². The maximum Gasteiger partial charge on any atom is 0.337 e. The van der Waals surface area contributed by atoms with Gasteiger partial charge in [0.15, 0.2) is 0 Å². The van der Waals surface area contributed by atoms with Crippen molar-refractivity contribution >= 4 is 33.3 Å². The van der Waals surface area contributed by atoms with Gasteiger partial charge in [-0.15, -0.1) is 10.2 Å². The molecule has 3 aromatic carbocycles. The normalized spacial score (nSPS) is 12.1. The standard InChI is InChI=1S/C20H16N4O6S/c25-18-11-10-14(31(28,29)30)12-17(18)22-24-19(13-6-2-1-3-7-13)23-21-16-9-5-4-8-15(16)20(26)27/h1-12,22,25H,(H,26,27)(H,28,29,30)/b23-21?,24-19-. The van der Waals surface area contributed by atoms with Gasteiger partial charge >= 0.3 is 5.97 Å². The van der Waals surface area contributed by atoms with Gasteiger partial charge in [0.05, 0.1) is 16.1 Å². The molecule has 158 valence electrons. The SMILES string of the molecule is O=C(O)c1ccccc1N=N/C(=N\Nc1cc(S(=O)(=O)O)ccc1O)c1ccccc1. The van der Waals surface area contributed by atoms with Crippen LogP contribution in [0.1, 0.15) is 15.9 Å². The fourth-order valence-corrected chi connectivity index (χ4v) is 2.96. The first-order valence-corrected chi connectivity index (χ1v) is 10.1. The number of aromatic carboxylic acids is 1. The molecule has 0 spiro atoms. The number of aromatic hydroxyl groups is 1. The highest BCUT2D eigenvalue weighted by Crippen LogP contribution is 2.26. The third-order valence-corrected chi connectivity index (χ3v) is 4.82. The van der Waals surface area contributed by atoms with E-state index in [2.05, 4.69) is 20.8 Å². The molecule has 11 heteroatoms. The summed E-state index contributed by atoms with van der Waals surface area (Å²) in [4.78, 5) is 10.9. The van der Waals surface area contributed by atoms with E-state index in [0.717, 1.165) is 18.2 Å². The number of rotatable bonds is 6. The summed E-state index contributed by atoms with van der Waals surface area (Å²) in [5.41, 5.74) is 2.95. The van der Waals surface area contributed by atoms with Crippen molar-refractivity contribution in [1.82, 2.24) is 0 Å². The number of hydrogen-bond acceptors (Lipinski definition) is 7. The van der Waals surface area contributed by atoms with E-state index in [1.807, 2.05) is 0 Å². The van der Waals surface area contributed by atoms with Crippen LogP contribution in [-0.2, 0) is 10.1 Å². The maximum absolute atomic E-state index is 11.4. The summed E-state index contributed by atoms with van der Waals surface area (Å²) in [6.07, 6.45) is 0. The number of phenols is 1. The van der Waals surface area contributed by atoms with Gasteiger partial charge in [0, 0.05) is 5.56 Å². The van der Waals surface area contributed by atoms with Crippen molar-refractivity contribution in [3.63, 3.8) is 0 Å². The molecule has 0 aromatic heterocycles. The number of benzene rings is 3. The van der Waals surface area contributed by atoms with Crippen LogP contribution in [0.25, 0.3) is 0 Å². The fraction of sp³-hybridized carbons (Fsp3) is 0. The molecule has 0 aliphatic rings. The number of azo groups is 1. The Morgan fingerprint density at radius 1 is 0.935 bits per heavy atom. The van der Waals surface area contributed by atoms with E-state index in [9.17, 15) is 28.0 Å². The van der Waals surface area contributed by atoms with Crippen LogP contribution in [0.15, 0.2) is 93.0 Å². The van der Waals surface area contributed by atoms with Crippen LogP contribution in [0, 0.1) is 0 Å². The lowest BCUT2D eigenvalue weighted by molar-refractivity contribution is 0.0697. The molecule has 3 aromatic rings. The molecule has 0 saturated carbocycles. The number of nitrogens with one attached hydrogen (secondary N) is 1. The maximum atomic E-state index is 11.4. The van der Waals surface area contributed by atoms with Crippen LogP contribution in [-0.4, -0.2) is 35.0 Å². The van der Waals surface area contributed by atoms with Crippen LogP contribution >= 0.6 is 0 Å². The summed E-state index contributed by atoms with van der Waals surface area (Å²) in [5.74, 6) is -1.47. The van der Waals surface area contributed by atoms with Crippen molar-refractivity contribution in [3.8, 4) is 5.75 Å². The molecule has 10 nitrogen and oxygen atoms in total. The minimum Gasteiger partial charge on any atom is -0.506 e. The Morgan fingerprint density at radius 2 is 1.61 bits per heavy atom. The van der Waals surface area contributed by atoms with E-state index >= 15 is 0 Å². The van der Waals surface area contributed by atoms with Crippen molar-refractivity contribution in [2.75, 3.05) is 5.43 Å². The molecule has 0 unspecified atom stereocenters. The molecular formula is C20H16N4O6S. The van der Waals surface area contributed by atoms with E-state index in [4.69, 9.17) is 0 Å². The van der Waals surface area contributed by atoms with Crippen LogP contribution in [0.5, 0.6) is 5.75 Å². The molecule has 0 amide bonds. The number of amidine groups is 1. The molecule has 0 saturated heterocycles. The number of nitrogens with zero attached hydrogens (tertiary/aromatic N) is 3. The number of phenolic OH excluding ortho intramolecular Hbond substituents is 1. The summed E-state index contributed by atoms with van der Waals surface area (Å²) in [7, 11) is -4.49. The summed E-state index contributed by atoms with van der Waals surface area (Å²) in [6.45, 7) is 0. The largest absolute Gasteiger partial charge is 0.506 e. The first-order valence-electron chi connectivity index (χ1n) is 8.69. The molecule has 31 heavy (non-hydrogen) atoms. The summed E-state index contributed by atoms with van der Waals surface area (Å²) in [5, 5.41) is 31.3. The predicted octanol–water partition coefficient (Wildman–Crippen LogP) is 3.89. The van der Waals surface area contributed by atoms with Crippen LogP contribution in [0.2, 0.25) is 0 Å². The molecule has 3 rings (SSSR count). The first kappa shape index (κ1) is 21.6. The van der Waals surface area contributed by atoms with E-state index in [0.29, 0.717) is 5.56 Å². The van der Waals surface area contributed by atoms with Crippen LogP contribution in [0.4, 0.5) is 11.4 Å². The Labute approximate surface area is 177 Å². The van der Waals surface area contributed by atoms with Crippen molar-refractivity contribution in [1.29, 1.82) is 0 Å². The lowest BCUT2D eigenvalue weighted by atomic mass is 10.2. The molecule has 4 N–H and O–H groups in total. The molecule has 0 aliphatic heterocycles. The lowest BCUT2D eigenvalue weighted by Crippen LogP contribution is -2.03.